The summed E-state index contributed by atoms with van der Waals surface area (Å²) >= 11 is 1.29. The zero-order chi connectivity index (χ0) is 11.4. The minimum Gasteiger partial charge on any atom is -0.493 e. The summed E-state index contributed by atoms with van der Waals surface area (Å²) in [7, 11) is -1.73. The van der Waals surface area contributed by atoms with Crippen LogP contribution in [0.15, 0.2) is 17.0 Å². The standard InChI is InChI=1S/C9H12BFO3S/c1-3-14-9-7(10(12)13)4-6(11)5-8(9)15-2/h4-5,12-13H,3H2,1-2H3. The van der Waals surface area contributed by atoms with Gasteiger partial charge in [-0.2, -0.15) is 0 Å². The van der Waals surface area contributed by atoms with Crippen LogP contribution in [-0.2, 0) is 0 Å². The Balaban J connectivity index is 3.26. The second-order valence-corrected chi connectivity index (χ2v) is 3.68. The number of thioether (sulfide) groups is 1. The van der Waals surface area contributed by atoms with Gasteiger partial charge in [-0.3, -0.25) is 0 Å². The van der Waals surface area contributed by atoms with Crippen LogP contribution in [0.2, 0.25) is 0 Å². The van der Waals surface area contributed by atoms with Gasteiger partial charge in [-0.05, 0) is 25.3 Å². The maximum Gasteiger partial charge on any atom is 0.492 e. The molecule has 0 aromatic heterocycles. The van der Waals surface area contributed by atoms with Gasteiger partial charge < -0.3 is 14.8 Å². The molecule has 0 radical (unpaired) electrons. The van der Waals surface area contributed by atoms with Crippen LogP contribution in [-0.4, -0.2) is 30.0 Å². The minimum absolute atomic E-state index is 0.0567. The van der Waals surface area contributed by atoms with Gasteiger partial charge in [0.25, 0.3) is 0 Å². The van der Waals surface area contributed by atoms with E-state index in [1.807, 2.05) is 0 Å². The first-order chi connectivity index (χ1) is 7.10. The summed E-state index contributed by atoms with van der Waals surface area (Å²) in [5.74, 6) is -0.174. The summed E-state index contributed by atoms with van der Waals surface area (Å²) in [6.07, 6.45) is 1.77. The van der Waals surface area contributed by atoms with E-state index in [1.165, 1.54) is 17.8 Å². The summed E-state index contributed by atoms with van der Waals surface area (Å²) in [4.78, 5) is 0.556. The molecule has 82 valence electrons. The maximum absolute atomic E-state index is 13.1. The largest absolute Gasteiger partial charge is 0.493 e. The first kappa shape index (κ1) is 12.4. The molecule has 1 rings (SSSR count). The fourth-order valence-electron chi connectivity index (χ4n) is 1.23. The molecular formula is C9H12BFO3S. The second kappa shape index (κ2) is 5.39. The van der Waals surface area contributed by atoms with Gasteiger partial charge in [0.15, 0.2) is 0 Å². The van der Waals surface area contributed by atoms with Gasteiger partial charge in [0.1, 0.15) is 11.6 Å². The summed E-state index contributed by atoms with van der Waals surface area (Å²) < 4.78 is 18.4. The molecule has 0 atom stereocenters. The van der Waals surface area contributed by atoms with E-state index in [0.717, 1.165) is 6.07 Å². The first-order valence-electron chi connectivity index (χ1n) is 4.46. The van der Waals surface area contributed by atoms with Crippen molar-refractivity contribution in [2.75, 3.05) is 12.9 Å². The molecule has 0 aliphatic rings. The predicted octanol–water partition coefficient (Wildman–Crippen LogP) is 0.626. The third kappa shape index (κ3) is 2.87. The molecule has 15 heavy (non-hydrogen) atoms. The van der Waals surface area contributed by atoms with E-state index in [1.54, 1.807) is 13.2 Å². The SMILES string of the molecule is CCOc1c(SC)cc(F)cc1B(O)O. The molecule has 0 unspecified atom stereocenters. The fraction of sp³-hybridized carbons (Fsp3) is 0.333. The number of benzene rings is 1. The summed E-state index contributed by atoms with van der Waals surface area (Å²) in [6.45, 7) is 2.17. The lowest BCUT2D eigenvalue weighted by atomic mass is 9.79. The van der Waals surface area contributed by atoms with E-state index >= 15 is 0 Å². The average Bonchev–Trinajstić information content (AvgIpc) is 2.19. The molecule has 0 saturated heterocycles. The van der Waals surface area contributed by atoms with Crippen LogP contribution in [0.3, 0.4) is 0 Å². The smallest absolute Gasteiger partial charge is 0.492 e. The van der Waals surface area contributed by atoms with Crippen molar-refractivity contribution in [3.63, 3.8) is 0 Å². The molecule has 0 spiro atoms. The van der Waals surface area contributed by atoms with Gasteiger partial charge >= 0.3 is 7.12 Å². The van der Waals surface area contributed by atoms with Gasteiger partial charge in [0.2, 0.25) is 0 Å². The van der Waals surface area contributed by atoms with Crippen molar-refractivity contribution in [3.8, 4) is 5.75 Å². The number of rotatable bonds is 4. The van der Waals surface area contributed by atoms with Crippen LogP contribution in [0.1, 0.15) is 6.92 Å². The van der Waals surface area contributed by atoms with Crippen LogP contribution in [0.5, 0.6) is 5.75 Å². The Labute approximate surface area is 92.4 Å². The zero-order valence-corrected chi connectivity index (χ0v) is 9.34. The lowest BCUT2D eigenvalue weighted by Crippen LogP contribution is -2.32. The molecule has 1 aromatic carbocycles. The van der Waals surface area contributed by atoms with Crippen molar-refractivity contribution < 1.29 is 19.2 Å². The van der Waals surface area contributed by atoms with E-state index in [2.05, 4.69) is 0 Å². The highest BCUT2D eigenvalue weighted by atomic mass is 32.2. The van der Waals surface area contributed by atoms with Gasteiger partial charge in [0.05, 0.1) is 11.5 Å². The zero-order valence-electron chi connectivity index (χ0n) is 8.53. The molecular weight excluding hydrogens is 218 g/mol. The van der Waals surface area contributed by atoms with E-state index in [9.17, 15) is 4.39 Å². The van der Waals surface area contributed by atoms with Crippen molar-refractivity contribution in [1.29, 1.82) is 0 Å². The molecule has 1 aromatic rings. The van der Waals surface area contributed by atoms with Crippen LogP contribution in [0.4, 0.5) is 4.39 Å². The van der Waals surface area contributed by atoms with Crippen molar-refractivity contribution >= 4 is 24.3 Å². The Hall–Kier alpha value is -0.715. The molecule has 2 N–H and O–H groups in total. The van der Waals surface area contributed by atoms with Crippen molar-refractivity contribution in [2.45, 2.75) is 11.8 Å². The van der Waals surface area contributed by atoms with Gasteiger partial charge in [-0.25, -0.2) is 4.39 Å². The van der Waals surface area contributed by atoms with Gasteiger partial charge in [-0.1, -0.05) is 0 Å². The number of hydrogen-bond donors (Lipinski definition) is 2. The maximum atomic E-state index is 13.1. The molecule has 0 fully saturated rings. The molecule has 0 heterocycles. The Morgan fingerprint density at radius 2 is 2.13 bits per heavy atom. The fourth-order valence-corrected chi connectivity index (χ4v) is 1.82. The summed E-state index contributed by atoms with van der Waals surface area (Å²) in [6, 6.07) is 2.37. The predicted molar refractivity (Wildman–Crippen MR) is 59.2 cm³/mol. The number of halogens is 1. The Kier molecular flexibility index (Phi) is 4.44. The molecule has 6 heteroatoms. The van der Waals surface area contributed by atoms with Crippen molar-refractivity contribution in [3.05, 3.63) is 17.9 Å². The molecule has 0 bridgehead atoms. The highest BCUT2D eigenvalue weighted by molar-refractivity contribution is 7.98. The second-order valence-electron chi connectivity index (χ2n) is 2.83. The van der Waals surface area contributed by atoms with Crippen molar-refractivity contribution in [1.82, 2.24) is 0 Å². The van der Waals surface area contributed by atoms with Gasteiger partial charge in [0, 0.05) is 5.46 Å². The topological polar surface area (TPSA) is 49.7 Å². The highest BCUT2D eigenvalue weighted by Crippen LogP contribution is 2.27. The number of hydrogen-bond acceptors (Lipinski definition) is 4. The van der Waals surface area contributed by atoms with Crippen LogP contribution in [0, 0.1) is 5.82 Å². The molecule has 0 aliphatic carbocycles. The third-order valence-corrected chi connectivity index (χ3v) is 2.58. The lowest BCUT2D eigenvalue weighted by Gasteiger charge is -2.13. The van der Waals surface area contributed by atoms with E-state index < -0.39 is 12.9 Å². The molecule has 0 aliphatic heterocycles. The number of ether oxygens (including phenoxy) is 1. The summed E-state index contributed by atoms with van der Waals surface area (Å²) in [5, 5.41) is 18.2. The van der Waals surface area contributed by atoms with Crippen LogP contribution < -0.4 is 10.2 Å². The Morgan fingerprint density at radius 1 is 1.47 bits per heavy atom. The third-order valence-electron chi connectivity index (χ3n) is 1.84. The molecule has 0 saturated carbocycles. The highest BCUT2D eigenvalue weighted by Gasteiger charge is 2.21. The average molecular weight is 230 g/mol. The van der Waals surface area contributed by atoms with E-state index in [0.29, 0.717) is 17.3 Å². The normalized spacial score (nSPS) is 10.2. The monoisotopic (exact) mass is 230 g/mol. The Morgan fingerprint density at radius 3 is 2.60 bits per heavy atom. The van der Waals surface area contributed by atoms with E-state index in [4.69, 9.17) is 14.8 Å². The molecule has 3 nitrogen and oxygen atoms in total. The van der Waals surface area contributed by atoms with Gasteiger partial charge in [-0.15, -0.1) is 11.8 Å². The van der Waals surface area contributed by atoms with Crippen molar-refractivity contribution in [2.24, 2.45) is 0 Å². The first-order valence-corrected chi connectivity index (χ1v) is 5.69. The lowest BCUT2D eigenvalue weighted by molar-refractivity contribution is 0.331. The summed E-state index contributed by atoms with van der Waals surface area (Å²) in [5.41, 5.74) is 0.0567. The van der Waals surface area contributed by atoms with Crippen LogP contribution >= 0.6 is 11.8 Å². The van der Waals surface area contributed by atoms with Crippen LogP contribution in [0.25, 0.3) is 0 Å². The Bertz CT molecular complexity index is 346. The van der Waals surface area contributed by atoms with E-state index in [-0.39, 0.29) is 5.46 Å². The minimum atomic E-state index is -1.73. The quantitative estimate of drug-likeness (QED) is 0.588. The molecule has 0 amide bonds.